The summed E-state index contributed by atoms with van der Waals surface area (Å²) in [6.45, 7) is 1.02. The van der Waals surface area contributed by atoms with Gasteiger partial charge >= 0.3 is 0 Å². The van der Waals surface area contributed by atoms with Gasteiger partial charge < -0.3 is 9.64 Å². The van der Waals surface area contributed by atoms with Crippen LogP contribution in [0.15, 0.2) is 59.7 Å². The van der Waals surface area contributed by atoms with E-state index in [4.69, 9.17) is 4.74 Å². The van der Waals surface area contributed by atoms with E-state index in [-0.39, 0.29) is 24.1 Å². The summed E-state index contributed by atoms with van der Waals surface area (Å²) in [6.07, 6.45) is 2.18. The number of aromatic nitrogens is 2. The minimum Gasteiger partial charge on any atom is -0.371 e. The first-order valence-corrected chi connectivity index (χ1v) is 8.98. The van der Waals surface area contributed by atoms with Crippen molar-refractivity contribution in [1.29, 1.82) is 0 Å². The molecule has 3 aromatic rings. The lowest BCUT2D eigenvalue weighted by Gasteiger charge is -2.29. The second-order valence-corrected chi connectivity index (χ2v) is 6.87. The first kappa shape index (κ1) is 17.4. The van der Waals surface area contributed by atoms with Gasteiger partial charge in [0.2, 0.25) is 5.91 Å². The van der Waals surface area contributed by atoms with E-state index in [0.29, 0.717) is 24.1 Å². The maximum atomic E-state index is 12.6. The Morgan fingerprint density at radius 1 is 1.19 bits per heavy atom. The SMILES string of the molecule is CN(CC1Cc2ccccc2CO1)C(=O)Cn1cnc2ccccc2c1=O. The zero-order valence-corrected chi connectivity index (χ0v) is 15.2. The van der Waals surface area contributed by atoms with Crippen LogP contribution in [0.25, 0.3) is 10.9 Å². The van der Waals surface area contributed by atoms with Crippen LogP contribution < -0.4 is 5.56 Å². The van der Waals surface area contributed by atoms with Crippen LogP contribution in [0.5, 0.6) is 0 Å². The summed E-state index contributed by atoms with van der Waals surface area (Å²) in [5.41, 5.74) is 2.90. The smallest absolute Gasteiger partial charge is 0.261 e. The fraction of sp³-hybridized carbons (Fsp3) is 0.286. The molecule has 0 bridgehead atoms. The van der Waals surface area contributed by atoms with Gasteiger partial charge in [0.1, 0.15) is 6.54 Å². The molecule has 1 unspecified atom stereocenters. The second-order valence-electron chi connectivity index (χ2n) is 6.87. The molecular weight excluding hydrogens is 342 g/mol. The molecule has 0 saturated carbocycles. The monoisotopic (exact) mass is 363 g/mol. The predicted octanol–water partition coefficient (Wildman–Crippen LogP) is 2.00. The molecule has 1 atom stereocenters. The van der Waals surface area contributed by atoms with Gasteiger partial charge in [0.25, 0.3) is 5.56 Å². The summed E-state index contributed by atoms with van der Waals surface area (Å²) >= 11 is 0. The normalized spacial score (nSPS) is 16.1. The average Bonchev–Trinajstić information content (AvgIpc) is 2.70. The third-order valence-electron chi connectivity index (χ3n) is 4.98. The fourth-order valence-corrected chi connectivity index (χ4v) is 3.42. The van der Waals surface area contributed by atoms with Crippen molar-refractivity contribution in [3.63, 3.8) is 0 Å². The second kappa shape index (κ2) is 7.32. The van der Waals surface area contributed by atoms with E-state index >= 15 is 0 Å². The molecule has 2 aromatic carbocycles. The van der Waals surface area contributed by atoms with E-state index in [1.807, 2.05) is 18.2 Å². The number of para-hydroxylation sites is 1. The Kier molecular flexibility index (Phi) is 4.73. The minimum atomic E-state index is -0.204. The highest BCUT2D eigenvalue weighted by molar-refractivity contribution is 5.78. The molecule has 1 aromatic heterocycles. The number of nitrogens with zero attached hydrogens (tertiary/aromatic N) is 3. The van der Waals surface area contributed by atoms with Crippen LogP contribution >= 0.6 is 0 Å². The quantitative estimate of drug-likeness (QED) is 0.711. The zero-order chi connectivity index (χ0) is 18.8. The standard InChI is InChI=1S/C21H21N3O3/c1-23(11-17-10-15-6-2-3-7-16(15)13-27-17)20(25)12-24-14-22-19-9-5-4-8-18(19)21(24)26/h2-9,14,17H,10-13H2,1H3. The Hall–Kier alpha value is -2.99. The lowest BCUT2D eigenvalue weighted by molar-refractivity contribution is -0.132. The van der Waals surface area contributed by atoms with Gasteiger partial charge in [-0.2, -0.15) is 0 Å². The van der Waals surface area contributed by atoms with E-state index in [1.54, 1.807) is 30.1 Å². The number of likely N-dealkylation sites (N-methyl/N-ethyl adjacent to an activating group) is 1. The Bertz CT molecular complexity index is 1040. The lowest BCUT2D eigenvalue weighted by atomic mass is 9.99. The summed E-state index contributed by atoms with van der Waals surface area (Å²) in [5, 5.41) is 0.516. The highest BCUT2D eigenvalue weighted by Gasteiger charge is 2.22. The molecule has 0 radical (unpaired) electrons. The maximum Gasteiger partial charge on any atom is 0.261 e. The summed E-state index contributed by atoms with van der Waals surface area (Å²) < 4.78 is 7.24. The summed E-state index contributed by atoms with van der Waals surface area (Å²) in [5.74, 6) is -0.142. The predicted molar refractivity (Wildman–Crippen MR) is 102 cm³/mol. The summed E-state index contributed by atoms with van der Waals surface area (Å²) in [6, 6.07) is 15.3. The average molecular weight is 363 g/mol. The van der Waals surface area contributed by atoms with E-state index in [0.717, 1.165) is 6.42 Å². The fourth-order valence-electron chi connectivity index (χ4n) is 3.42. The van der Waals surface area contributed by atoms with Crippen LogP contribution in [0.1, 0.15) is 11.1 Å². The molecule has 6 nitrogen and oxygen atoms in total. The van der Waals surface area contributed by atoms with Crippen molar-refractivity contribution in [1.82, 2.24) is 14.5 Å². The van der Waals surface area contributed by atoms with Gasteiger partial charge in [0.15, 0.2) is 0 Å². The first-order valence-electron chi connectivity index (χ1n) is 8.98. The number of fused-ring (bicyclic) bond motifs is 2. The van der Waals surface area contributed by atoms with E-state index < -0.39 is 0 Å². The largest absolute Gasteiger partial charge is 0.371 e. The number of ether oxygens (including phenoxy) is 1. The number of hydrogen-bond donors (Lipinski definition) is 0. The first-order chi connectivity index (χ1) is 13.1. The molecule has 6 heteroatoms. The lowest BCUT2D eigenvalue weighted by Crippen LogP contribution is -2.40. The third kappa shape index (κ3) is 3.61. The van der Waals surface area contributed by atoms with Crippen molar-refractivity contribution >= 4 is 16.8 Å². The van der Waals surface area contributed by atoms with Crippen LogP contribution in [0.2, 0.25) is 0 Å². The van der Waals surface area contributed by atoms with Crippen molar-refractivity contribution in [2.24, 2.45) is 0 Å². The Balaban J connectivity index is 1.43. The summed E-state index contributed by atoms with van der Waals surface area (Å²) in [7, 11) is 1.74. The van der Waals surface area contributed by atoms with Crippen molar-refractivity contribution in [2.45, 2.75) is 25.7 Å². The molecule has 0 fully saturated rings. The number of amides is 1. The van der Waals surface area contributed by atoms with Crippen LogP contribution in [0.4, 0.5) is 0 Å². The zero-order valence-electron chi connectivity index (χ0n) is 15.2. The van der Waals surface area contributed by atoms with Gasteiger partial charge in [-0.3, -0.25) is 14.2 Å². The molecule has 1 aliphatic rings. The van der Waals surface area contributed by atoms with E-state index in [2.05, 4.69) is 17.1 Å². The van der Waals surface area contributed by atoms with Crippen molar-refractivity contribution in [3.8, 4) is 0 Å². The summed E-state index contributed by atoms with van der Waals surface area (Å²) in [4.78, 5) is 31.0. The molecule has 0 N–H and O–H groups in total. The highest BCUT2D eigenvalue weighted by atomic mass is 16.5. The molecule has 0 aliphatic carbocycles. The van der Waals surface area contributed by atoms with Crippen LogP contribution in [0, 0.1) is 0 Å². The molecule has 1 amide bonds. The van der Waals surface area contributed by atoms with Gasteiger partial charge in [0, 0.05) is 20.0 Å². The highest BCUT2D eigenvalue weighted by Crippen LogP contribution is 2.20. The number of rotatable bonds is 4. The molecule has 0 spiro atoms. The van der Waals surface area contributed by atoms with Crippen molar-refractivity contribution < 1.29 is 9.53 Å². The van der Waals surface area contributed by atoms with E-state index in [9.17, 15) is 9.59 Å². The number of hydrogen-bond acceptors (Lipinski definition) is 4. The van der Waals surface area contributed by atoms with Gasteiger partial charge in [0.05, 0.1) is 29.9 Å². The Labute approximate surface area is 157 Å². The Morgan fingerprint density at radius 2 is 1.93 bits per heavy atom. The van der Waals surface area contributed by atoms with Gasteiger partial charge in [-0.05, 0) is 23.3 Å². The Morgan fingerprint density at radius 3 is 2.78 bits per heavy atom. The van der Waals surface area contributed by atoms with Gasteiger partial charge in [-0.15, -0.1) is 0 Å². The van der Waals surface area contributed by atoms with Crippen LogP contribution in [-0.2, 0) is 29.1 Å². The van der Waals surface area contributed by atoms with Crippen LogP contribution in [0.3, 0.4) is 0 Å². The van der Waals surface area contributed by atoms with Crippen molar-refractivity contribution in [3.05, 3.63) is 76.3 Å². The van der Waals surface area contributed by atoms with E-state index in [1.165, 1.54) is 22.0 Å². The minimum absolute atomic E-state index is 0.0313. The molecular formula is C21H21N3O3. The molecule has 138 valence electrons. The number of carbonyl (C=O) groups excluding carboxylic acids is 1. The van der Waals surface area contributed by atoms with Gasteiger partial charge in [-0.25, -0.2) is 4.98 Å². The van der Waals surface area contributed by atoms with Crippen molar-refractivity contribution in [2.75, 3.05) is 13.6 Å². The molecule has 1 aliphatic heterocycles. The molecule has 27 heavy (non-hydrogen) atoms. The number of benzene rings is 2. The molecule has 0 saturated heterocycles. The van der Waals surface area contributed by atoms with Crippen LogP contribution in [-0.4, -0.2) is 40.1 Å². The molecule has 4 rings (SSSR count). The topological polar surface area (TPSA) is 64.4 Å². The maximum absolute atomic E-state index is 12.6. The van der Waals surface area contributed by atoms with Gasteiger partial charge in [-0.1, -0.05) is 36.4 Å². The third-order valence-corrected chi connectivity index (χ3v) is 4.98. The molecule has 2 heterocycles. The number of carbonyl (C=O) groups is 1.